The second kappa shape index (κ2) is 7.61. The first kappa shape index (κ1) is 16.7. The molecule has 1 aromatic carbocycles. The fraction of sp³-hybridized carbons (Fsp3) is 0.353. The van der Waals surface area contributed by atoms with Crippen LogP contribution in [0.25, 0.3) is 0 Å². The molecule has 2 aromatic rings. The van der Waals surface area contributed by atoms with Crippen LogP contribution in [-0.4, -0.2) is 53.5 Å². The molecule has 0 radical (unpaired) electrons. The Morgan fingerprint density at radius 1 is 1.21 bits per heavy atom. The first-order valence-electron chi connectivity index (χ1n) is 7.93. The number of nitrogens with one attached hydrogen (secondary N) is 1. The average molecular weight is 390 g/mol. The second-order valence-electron chi connectivity index (χ2n) is 5.73. The fourth-order valence-corrected chi connectivity index (χ4v) is 2.90. The fourth-order valence-electron chi connectivity index (χ4n) is 2.65. The highest BCUT2D eigenvalue weighted by atomic mass is 79.9. The highest BCUT2D eigenvalue weighted by Crippen LogP contribution is 2.20. The van der Waals surface area contributed by atoms with Gasteiger partial charge >= 0.3 is 0 Å². The number of carbonyl (C=O) groups excluding carboxylic acids is 1. The van der Waals surface area contributed by atoms with E-state index in [-0.39, 0.29) is 5.91 Å². The average Bonchev–Trinajstić information content (AvgIpc) is 2.63. The molecule has 1 N–H and O–H groups in total. The Morgan fingerprint density at radius 3 is 2.58 bits per heavy atom. The summed E-state index contributed by atoms with van der Waals surface area (Å²) in [5, 5.41) is 3.20. The Balaban J connectivity index is 1.49. The van der Waals surface area contributed by atoms with Crippen molar-refractivity contribution in [3.05, 3.63) is 46.7 Å². The molecular weight excluding hydrogens is 370 g/mol. The number of rotatable bonds is 4. The molecule has 0 bridgehead atoms. The molecule has 1 fully saturated rings. The lowest BCUT2D eigenvalue weighted by Crippen LogP contribution is -2.50. The Hall–Kier alpha value is -2.15. The van der Waals surface area contributed by atoms with Crippen LogP contribution in [0.4, 0.5) is 11.6 Å². The molecular formula is C17H20BrN5O. The minimum atomic E-state index is 0.115. The van der Waals surface area contributed by atoms with Crippen LogP contribution in [0.5, 0.6) is 0 Å². The zero-order chi connectivity index (χ0) is 16.9. The van der Waals surface area contributed by atoms with E-state index in [1.165, 1.54) is 0 Å². The molecule has 1 aliphatic heterocycles. The van der Waals surface area contributed by atoms with Crippen molar-refractivity contribution in [2.24, 2.45) is 0 Å². The predicted octanol–water partition coefficient (Wildman–Crippen LogP) is 2.31. The first-order valence-corrected chi connectivity index (χ1v) is 8.72. The summed E-state index contributed by atoms with van der Waals surface area (Å²) in [5.74, 6) is 0.845. The van der Waals surface area contributed by atoms with E-state index in [4.69, 9.17) is 0 Å². The van der Waals surface area contributed by atoms with Crippen molar-refractivity contribution < 1.29 is 4.79 Å². The molecule has 0 atom stereocenters. The molecule has 0 aliphatic carbocycles. The maximum Gasteiger partial charge on any atom is 0.241 e. The molecule has 0 unspecified atom stereocenters. The van der Waals surface area contributed by atoms with Crippen LogP contribution in [0, 0.1) is 6.92 Å². The molecule has 24 heavy (non-hydrogen) atoms. The van der Waals surface area contributed by atoms with Gasteiger partial charge in [-0.2, -0.15) is 0 Å². The standard InChI is InChI=1S/C17H20BrN5O/c1-13-11-14(3-4-15(13)18)21-12-16(24)22-7-9-23(10-8-22)17-19-5-2-6-20-17/h2-6,11,21H,7-10,12H2,1H3. The second-order valence-corrected chi connectivity index (χ2v) is 6.59. The summed E-state index contributed by atoms with van der Waals surface area (Å²) >= 11 is 3.48. The lowest BCUT2D eigenvalue weighted by Gasteiger charge is -2.34. The Bertz CT molecular complexity index is 701. The number of anilines is 2. The molecule has 2 heterocycles. The van der Waals surface area contributed by atoms with E-state index in [9.17, 15) is 4.79 Å². The summed E-state index contributed by atoms with van der Waals surface area (Å²) in [4.78, 5) is 24.9. The van der Waals surface area contributed by atoms with E-state index in [0.717, 1.165) is 34.8 Å². The van der Waals surface area contributed by atoms with Crippen molar-refractivity contribution in [1.29, 1.82) is 0 Å². The van der Waals surface area contributed by atoms with Gasteiger partial charge in [0.05, 0.1) is 6.54 Å². The van der Waals surface area contributed by atoms with Gasteiger partial charge in [-0.15, -0.1) is 0 Å². The lowest BCUT2D eigenvalue weighted by atomic mass is 10.2. The van der Waals surface area contributed by atoms with Gasteiger partial charge in [0.2, 0.25) is 11.9 Å². The Kier molecular flexibility index (Phi) is 5.30. The van der Waals surface area contributed by atoms with Gasteiger partial charge in [0.1, 0.15) is 0 Å². The zero-order valence-electron chi connectivity index (χ0n) is 13.6. The molecule has 0 saturated carbocycles. The molecule has 6 nitrogen and oxygen atoms in total. The number of hydrogen-bond donors (Lipinski definition) is 1. The smallest absolute Gasteiger partial charge is 0.241 e. The number of piperazine rings is 1. The number of benzene rings is 1. The van der Waals surface area contributed by atoms with Crippen molar-refractivity contribution in [3.8, 4) is 0 Å². The summed E-state index contributed by atoms with van der Waals surface area (Å²) < 4.78 is 1.07. The van der Waals surface area contributed by atoms with Crippen LogP contribution in [0.1, 0.15) is 5.56 Å². The van der Waals surface area contributed by atoms with Crippen molar-refractivity contribution in [3.63, 3.8) is 0 Å². The third kappa shape index (κ3) is 4.03. The van der Waals surface area contributed by atoms with Gasteiger partial charge in [0, 0.05) is 48.7 Å². The molecule has 0 spiro atoms. The molecule has 1 aromatic heterocycles. The van der Waals surface area contributed by atoms with Gasteiger partial charge in [-0.1, -0.05) is 15.9 Å². The maximum atomic E-state index is 12.4. The van der Waals surface area contributed by atoms with Gasteiger partial charge in [0.15, 0.2) is 0 Å². The first-order chi connectivity index (χ1) is 11.6. The summed E-state index contributed by atoms with van der Waals surface area (Å²) in [5.41, 5.74) is 2.10. The summed E-state index contributed by atoms with van der Waals surface area (Å²) in [6.07, 6.45) is 3.48. The summed E-state index contributed by atoms with van der Waals surface area (Å²) in [7, 11) is 0. The Labute approximate surface area is 150 Å². The van der Waals surface area contributed by atoms with E-state index in [2.05, 4.69) is 36.1 Å². The van der Waals surface area contributed by atoms with E-state index in [1.807, 2.05) is 30.0 Å². The molecule has 1 saturated heterocycles. The number of halogens is 1. The number of aromatic nitrogens is 2. The zero-order valence-corrected chi connectivity index (χ0v) is 15.2. The number of hydrogen-bond acceptors (Lipinski definition) is 5. The number of nitrogens with zero attached hydrogens (tertiary/aromatic N) is 4. The largest absolute Gasteiger partial charge is 0.376 e. The van der Waals surface area contributed by atoms with Gasteiger partial charge < -0.3 is 15.1 Å². The minimum absolute atomic E-state index is 0.115. The Morgan fingerprint density at radius 2 is 1.92 bits per heavy atom. The van der Waals surface area contributed by atoms with Crippen LogP contribution >= 0.6 is 15.9 Å². The monoisotopic (exact) mass is 389 g/mol. The van der Waals surface area contributed by atoms with E-state index < -0.39 is 0 Å². The van der Waals surface area contributed by atoms with Gasteiger partial charge in [-0.05, 0) is 36.8 Å². The van der Waals surface area contributed by atoms with Crippen molar-refractivity contribution >= 4 is 33.5 Å². The number of carbonyl (C=O) groups is 1. The topological polar surface area (TPSA) is 61.4 Å². The van der Waals surface area contributed by atoms with E-state index in [1.54, 1.807) is 18.5 Å². The van der Waals surface area contributed by atoms with Crippen molar-refractivity contribution in [2.75, 3.05) is 42.9 Å². The normalized spacial score (nSPS) is 14.6. The highest BCUT2D eigenvalue weighted by Gasteiger charge is 2.22. The SMILES string of the molecule is Cc1cc(NCC(=O)N2CCN(c3ncccn3)CC2)ccc1Br. The maximum absolute atomic E-state index is 12.4. The van der Waals surface area contributed by atoms with E-state index in [0.29, 0.717) is 19.6 Å². The number of amides is 1. The molecule has 3 rings (SSSR count). The van der Waals surface area contributed by atoms with Crippen molar-refractivity contribution in [1.82, 2.24) is 14.9 Å². The molecule has 7 heteroatoms. The van der Waals surface area contributed by atoms with Crippen molar-refractivity contribution in [2.45, 2.75) is 6.92 Å². The van der Waals surface area contributed by atoms with Crippen LogP contribution in [0.3, 0.4) is 0 Å². The predicted molar refractivity (Wildman–Crippen MR) is 98.2 cm³/mol. The third-order valence-corrected chi connectivity index (χ3v) is 4.96. The van der Waals surface area contributed by atoms with Gasteiger partial charge in [-0.25, -0.2) is 9.97 Å². The summed E-state index contributed by atoms with van der Waals surface area (Å²) in [6, 6.07) is 7.79. The number of aryl methyl sites for hydroxylation is 1. The summed E-state index contributed by atoms with van der Waals surface area (Å²) in [6.45, 7) is 5.24. The third-order valence-electron chi connectivity index (χ3n) is 4.07. The highest BCUT2D eigenvalue weighted by molar-refractivity contribution is 9.10. The quantitative estimate of drug-likeness (QED) is 0.868. The van der Waals surface area contributed by atoms with Gasteiger partial charge in [0.25, 0.3) is 0 Å². The molecule has 1 amide bonds. The van der Waals surface area contributed by atoms with Crippen LogP contribution in [-0.2, 0) is 4.79 Å². The minimum Gasteiger partial charge on any atom is -0.376 e. The van der Waals surface area contributed by atoms with Crippen LogP contribution < -0.4 is 10.2 Å². The van der Waals surface area contributed by atoms with Gasteiger partial charge in [-0.3, -0.25) is 4.79 Å². The molecule has 126 valence electrons. The molecule has 1 aliphatic rings. The van der Waals surface area contributed by atoms with E-state index >= 15 is 0 Å². The lowest BCUT2D eigenvalue weighted by molar-refractivity contribution is -0.129. The van der Waals surface area contributed by atoms with Crippen LogP contribution in [0.15, 0.2) is 41.1 Å². The van der Waals surface area contributed by atoms with Crippen LogP contribution in [0.2, 0.25) is 0 Å².